The highest BCUT2D eigenvalue weighted by molar-refractivity contribution is 6.32. The summed E-state index contributed by atoms with van der Waals surface area (Å²) in [7, 11) is 0. The number of anilines is 1. The number of nitrogens with zero attached hydrogens (tertiary/aromatic N) is 1. The highest BCUT2D eigenvalue weighted by Gasteiger charge is 2.20. The molecule has 0 aliphatic carbocycles. The molecule has 134 valence electrons. The standard InChI is InChI=1S/C20H19ClN2O3/c1-13(15-6-4-3-5-7-15)10-19(24)26-14(2)20(25)23-17-9-8-16(12-22)18(21)11-17/h3-9,11,13-14H,10H2,1-2H3,(H,23,25)/t13-,14+/m1/s1. The van der Waals surface area contributed by atoms with Gasteiger partial charge in [0.25, 0.3) is 5.91 Å². The van der Waals surface area contributed by atoms with Gasteiger partial charge < -0.3 is 10.1 Å². The van der Waals surface area contributed by atoms with E-state index in [2.05, 4.69) is 5.32 Å². The van der Waals surface area contributed by atoms with Gasteiger partial charge in [0.15, 0.2) is 6.10 Å². The van der Waals surface area contributed by atoms with Crippen LogP contribution in [0.25, 0.3) is 0 Å². The molecule has 0 saturated carbocycles. The van der Waals surface area contributed by atoms with E-state index in [1.54, 1.807) is 6.07 Å². The monoisotopic (exact) mass is 370 g/mol. The Morgan fingerprint density at radius 3 is 2.50 bits per heavy atom. The van der Waals surface area contributed by atoms with Gasteiger partial charge in [-0.3, -0.25) is 9.59 Å². The lowest BCUT2D eigenvalue weighted by atomic mass is 9.98. The summed E-state index contributed by atoms with van der Waals surface area (Å²) in [5.41, 5.74) is 1.78. The largest absolute Gasteiger partial charge is 0.453 e. The molecular weight excluding hydrogens is 352 g/mol. The Hall–Kier alpha value is -2.84. The van der Waals surface area contributed by atoms with Crippen molar-refractivity contribution < 1.29 is 14.3 Å². The van der Waals surface area contributed by atoms with E-state index in [0.29, 0.717) is 11.3 Å². The molecule has 0 fully saturated rings. The van der Waals surface area contributed by atoms with E-state index >= 15 is 0 Å². The van der Waals surface area contributed by atoms with Crippen LogP contribution in [0.15, 0.2) is 48.5 Å². The average molecular weight is 371 g/mol. The Bertz CT molecular complexity index is 831. The summed E-state index contributed by atoms with van der Waals surface area (Å²) >= 11 is 5.93. The molecule has 0 bridgehead atoms. The molecule has 0 saturated heterocycles. The zero-order valence-electron chi connectivity index (χ0n) is 14.5. The molecule has 6 heteroatoms. The first kappa shape index (κ1) is 19.5. The van der Waals surface area contributed by atoms with Gasteiger partial charge in [-0.05, 0) is 36.6 Å². The number of hydrogen-bond acceptors (Lipinski definition) is 4. The van der Waals surface area contributed by atoms with Crippen molar-refractivity contribution in [3.05, 3.63) is 64.7 Å². The fourth-order valence-corrected chi connectivity index (χ4v) is 2.60. The van der Waals surface area contributed by atoms with Gasteiger partial charge in [-0.2, -0.15) is 5.26 Å². The molecular formula is C20H19ClN2O3. The van der Waals surface area contributed by atoms with Gasteiger partial charge >= 0.3 is 5.97 Å². The smallest absolute Gasteiger partial charge is 0.307 e. The number of amides is 1. The maximum absolute atomic E-state index is 12.2. The highest BCUT2D eigenvalue weighted by Crippen LogP contribution is 2.21. The molecule has 26 heavy (non-hydrogen) atoms. The maximum atomic E-state index is 12.2. The van der Waals surface area contributed by atoms with Crippen molar-refractivity contribution >= 4 is 29.2 Å². The molecule has 0 aliphatic heterocycles. The molecule has 0 radical (unpaired) electrons. The van der Waals surface area contributed by atoms with Crippen LogP contribution in [0.2, 0.25) is 5.02 Å². The second kappa shape index (κ2) is 9.02. The fraction of sp³-hybridized carbons (Fsp3) is 0.250. The molecule has 0 aromatic heterocycles. The molecule has 0 aliphatic rings. The topological polar surface area (TPSA) is 79.2 Å². The summed E-state index contributed by atoms with van der Waals surface area (Å²) in [5.74, 6) is -0.912. The molecule has 1 N–H and O–H groups in total. The Morgan fingerprint density at radius 1 is 1.19 bits per heavy atom. The minimum Gasteiger partial charge on any atom is -0.453 e. The summed E-state index contributed by atoms with van der Waals surface area (Å²) in [6.45, 7) is 3.44. The van der Waals surface area contributed by atoms with Crippen molar-refractivity contribution in [2.45, 2.75) is 32.3 Å². The number of rotatable bonds is 6. The van der Waals surface area contributed by atoms with E-state index in [-0.39, 0.29) is 17.4 Å². The molecule has 0 unspecified atom stereocenters. The van der Waals surface area contributed by atoms with Gasteiger partial charge in [-0.1, -0.05) is 48.9 Å². The number of nitriles is 1. The van der Waals surface area contributed by atoms with Crippen molar-refractivity contribution in [2.24, 2.45) is 0 Å². The first-order valence-corrected chi connectivity index (χ1v) is 8.53. The van der Waals surface area contributed by atoms with E-state index in [9.17, 15) is 9.59 Å². The van der Waals surface area contributed by atoms with Gasteiger partial charge in [-0.15, -0.1) is 0 Å². The molecule has 0 heterocycles. The zero-order chi connectivity index (χ0) is 19.1. The number of esters is 1. The van der Waals surface area contributed by atoms with Crippen LogP contribution in [0.4, 0.5) is 5.69 Å². The summed E-state index contributed by atoms with van der Waals surface area (Å²) in [5, 5.41) is 11.7. The molecule has 2 aromatic carbocycles. The Kier molecular flexibility index (Phi) is 6.76. The van der Waals surface area contributed by atoms with E-state index in [0.717, 1.165) is 5.56 Å². The molecule has 2 rings (SSSR count). The van der Waals surface area contributed by atoms with Crippen LogP contribution in [-0.4, -0.2) is 18.0 Å². The summed E-state index contributed by atoms with van der Waals surface area (Å²) in [6, 6.07) is 16.1. The lowest BCUT2D eigenvalue weighted by molar-refractivity contribution is -0.153. The predicted octanol–water partition coefficient (Wildman–Crippen LogP) is 4.28. The third kappa shape index (κ3) is 5.33. The van der Waals surface area contributed by atoms with Gasteiger partial charge in [0.1, 0.15) is 6.07 Å². The molecule has 0 spiro atoms. The second-order valence-corrected chi connectivity index (χ2v) is 6.35. The van der Waals surface area contributed by atoms with Crippen LogP contribution in [0.1, 0.15) is 37.3 Å². The van der Waals surface area contributed by atoms with Crippen LogP contribution >= 0.6 is 11.6 Å². The summed E-state index contributed by atoms with van der Waals surface area (Å²) < 4.78 is 5.22. The molecule has 2 atom stereocenters. The van der Waals surface area contributed by atoms with Gasteiger partial charge in [0.2, 0.25) is 0 Å². The number of halogens is 1. The van der Waals surface area contributed by atoms with Crippen LogP contribution in [0.3, 0.4) is 0 Å². The second-order valence-electron chi connectivity index (χ2n) is 5.94. The van der Waals surface area contributed by atoms with Crippen molar-refractivity contribution in [1.29, 1.82) is 5.26 Å². The molecule has 5 nitrogen and oxygen atoms in total. The number of ether oxygens (including phenoxy) is 1. The lowest BCUT2D eigenvalue weighted by Crippen LogP contribution is -2.30. The number of hydrogen-bond donors (Lipinski definition) is 1. The quantitative estimate of drug-likeness (QED) is 0.770. The normalized spacial score (nSPS) is 12.5. The number of nitrogens with one attached hydrogen (secondary N) is 1. The molecule has 1 amide bonds. The summed E-state index contributed by atoms with van der Waals surface area (Å²) in [6.07, 6.45) is -0.760. The minimum atomic E-state index is -0.945. The Balaban J connectivity index is 1.89. The van der Waals surface area contributed by atoms with E-state index in [1.165, 1.54) is 19.1 Å². The van der Waals surface area contributed by atoms with E-state index in [1.807, 2.05) is 43.3 Å². The van der Waals surface area contributed by atoms with Crippen molar-refractivity contribution in [3.63, 3.8) is 0 Å². The van der Waals surface area contributed by atoms with Gasteiger partial charge in [0, 0.05) is 5.69 Å². The third-order valence-corrected chi connectivity index (χ3v) is 4.19. The third-order valence-electron chi connectivity index (χ3n) is 3.88. The average Bonchev–Trinajstić information content (AvgIpc) is 2.62. The van der Waals surface area contributed by atoms with Gasteiger partial charge in [-0.25, -0.2) is 0 Å². The first-order chi connectivity index (χ1) is 12.4. The number of benzene rings is 2. The molecule has 2 aromatic rings. The van der Waals surface area contributed by atoms with Crippen LogP contribution < -0.4 is 5.32 Å². The fourth-order valence-electron chi connectivity index (χ4n) is 2.38. The van der Waals surface area contributed by atoms with Crippen LogP contribution in [-0.2, 0) is 14.3 Å². The predicted molar refractivity (Wildman–Crippen MR) is 99.8 cm³/mol. The number of carbonyl (C=O) groups excluding carboxylic acids is 2. The van der Waals surface area contributed by atoms with E-state index in [4.69, 9.17) is 21.6 Å². The van der Waals surface area contributed by atoms with E-state index < -0.39 is 18.0 Å². The number of carbonyl (C=O) groups is 2. The zero-order valence-corrected chi connectivity index (χ0v) is 15.3. The summed E-state index contributed by atoms with van der Waals surface area (Å²) in [4.78, 5) is 24.2. The van der Waals surface area contributed by atoms with Crippen LogP contribution in [0, 0.1) is 11.3 Å². The lowest BCUT2D eigenvalue weighted by Gasteiger charge is -2.16. The highest BCUT2D eigenvalue weighted by atomic mass is 35.5. The Labute approximate surface area is 157 Å². The van der Waals surface area contributed by atoms with Crippen molar-refractivity contribution in [2.75, 3.05) is 5.32 Å². The SMILES string of the molecule is C[C@H](OC(=O)C[C@@H](C)c1ccccc1)C(=O)Nc1ccc(C#N)c(Cl)c1. The maximum Gasteiger partial charge on any atom is 0.307 e. The Morgan fingerprint density at radius 2 is 1.88 bits per heavy atom. The van der Waals surface area contributed by atoms with Gasteiger partial charge in [0.05, 0.1) is 17.0 Å². The van der Waals surface area contributed by atoms with Crippen molar-refractivity contribution in [3.8, 4) is 6.07 Å². The van der Waals surface area contributed by atoms with Crippen LogP contribution in [0.5, 0.6) is 0 Å². The first-order valence-electron chi connectivity index (χ1n) is 8.15. The van der Waals surface area contributed by atoms with Crippen molar-refractivity contribution in [1.82, 2.24) is 0 Å². The minimum absolute atomic E-state index is 0.00343.